The number of morpholine rings is 1. The molecule has 3 nitrogen and oxygen atoms in total. The predicted octanol–water partition coefficient (Wildman–Crippen LogP) is 2.28. The SMILES string of the molecule is c1cc2c(cc1OCCCN1CCOCC1)CCC2. The van der Waals surface area contributed by atoms with Gasteiger partial charge in [0.25, 0.3) is 0 Å². The molecule has 104 valence electrons. The Morgan fingerprint density at radius 3 is 2.84 bits per heavy atom. The van der Waals surface area contributed by atoms with Gasteiger partial charge in [0.2, 0.25) is 0 Å². The van der Waals surface area contributed by atoms with Crippen molar-refractivity contribution >= 4 is 0 Å². The molecule has 0 bridgehead atoms. The fraction of sp³-hybridized carbons (Fsp3) is 0.625. The summed E-state index contributed by atoms with van der Waals surface area (Å²) >= 11 is 0. The Hall–Kier alpha value is -1.06. The van der Waals surface area contributed by atoms with E-state index in [0.717, 1.165) is 51.6 Å². The van der Waals surface area contributed by atoms with Crippen molar-refractivity contribution < 1.29 is 9.47 Å². The molecule has 0 aromatic heterocycles. The molecule has 1 aromatic carbocycles. The third-order valence-electron chi connectivity index (χ3n) is 4.06. The molecular formula is C16H23NO2. The van der Waals surface area contributed by atoms with Crippen LogP contribution in [-0.2, 0) is 17.6 Å². The molecule has 1 aliphatic carbocycles. The van der Waals surface area contributed by atoms with Crippen LogP contribution < -0.4 is 4.74 Å². The number of aryl methyl sites for hydroxylation is 2. The molecule has 0 spiro atoms. The van der Waals surface area contributed by atoms with Gasteiger partial charge >= 0.3 is 0 Å². The number of benzene rings is 1. The summed E-state index contributed by atoms with van der Waals surface area (Å²) in [5, 5.41) is 0. The van der Waals surface area contributed by atoms with Crippen LogP contribution in [0.25, 0.3) is 0 Å². The Kier molecular flexibility index (Phi) is 4.36. The third-order valence-corrected chi connectivity index (χ3v) is 4.06. The van der Waals surface area contributed by atoms with Gasteiger partial charge in [-0.3, -0.25) is 4.90 Å². The maximum atomic E-state index is 5.86. The molecule has 0 saturated carbocycles. The van der Waals surface area contributed by atoms with E-state index in [1.165, 1.54) is 30.4 Å². The van der Waals surface area contributed by atoms with E-state index in [-0.39, 0.29) is 0 Å². The van der Waals surface area contributed by atoms with Crippen LogP contribution in [0.1, 0.15) is 24.0 Å². The van der Waals surface area contributed by atoms with Gasteiger partial charge in [-0.15, -0.1) is 0 Å². The highest BCUT2D eigenvalue weighted by molar-refractivity contribution is 5.38. The second-order valence-corrected chi connectivity index (χ2v) is 5.44. The zero-order valence-electron chi connectivity index (χ0n) is 11.6. The minimum absolute atomic E-state index is 0.816. The molecule has 1 aromatic rings. The number of fused-ring (bicyclic) bond motifs is 1. The van der Waals surface area contributed by atoms with Gasteiger partial charge in [0.15, 0.2) is 0 Å². The van der Waals surface area contributed by atoms with E-state index in [4.69, 9.17) is 9.47 Å². The van der Waals surface area contributed by atoms with Gasteiger partial charge in [0.05, 0.1) is 19.8 Å². The summed E-state index contributed by atoms with van der Waals surface area (Å²) in [6.45, 7) is 5.83. The smallest absolute Gasteiger partial charge is 0.119 e. The Morgan fingerprint density at radius 2 is 1.95 bits per heavy atom. The molecule has 19 heavy (non-hydrogen) atoms. The van der Waals surface area contributed by atoms with Crippen molar-refractivity contribution in [1.82, 2.24) is 4.90 Å². The van der Waals surface area contributed by atoms with Gasteiger partial charge in [-0.2, -0.15) is 0 Å². The van der Waals surface area contributed by atoms with Crippen LogP contribution in [0.3, 0.4) is 0 Å². The van der Waals surface area contributed by atoms with Crippen LogP contribution in [0.15, 0.2) is 18.2 Å². The molecule has 0 radical (unpaired) electrons. The highest BCUT2D eigenvalue weighted by Gasteiger charge is 2.12. The molecule has 0 N–H and O–H groups in total. The lowest BCUT2D eigenvalue weighted by atomic mass is 10.1. The predicted molar refractivity (Wildman–Crippen MR) is 75.8 cm³/mol. The molecule has 3 heteroatoms. The van der Waals surface area contributed by atoms with E-state index in [2.05, 4.69) is 23.1 Å². The monoisotopic (exact) mass is 261 g/mol. The van der Waals surface area contributed by atoms with Crippen molar-refractivity contribution in [3.63, 3.8) is 0 Å². The Labute approximate surface area is 115 Å². The van der Waals surface area contributed by atoms with Crippen LogP contribution in [-0.4, -0.2) is 44.4 Å². The first-order chi connectivity index (χ1) is 9.42. The summed E-state index contributed by atoms with van der Waals surface area (Å²) in [6.07, 6.45) is 4.86. The molecule has 1 saturated heterocycles. The number of nitrogens with zero attached hydrogens (tertiary/aromatic N) is 1. The van der Waals surface area contributed by atoms with Gasteiger partial charge in [0.1, 0.15) is 5.75 Å². The van der Waals surface area contributed by atoms with E-state index in [1.54, 1.807) is 0 Å². The quantitative estimate of drug-likeness (QED) is 0.759. The van der Waals surface area contributed by atoms with Crippen LogP contribution >= 0.6 is 0 Å². The largest absolute Gasteiger partial charge is 0.494 e. The maximum Gasteiger partial charge on any atom is 0.119 e. The second kappa shape index (κ2) is 6.40. The fourth-order valence-corrected chi connectivity index (χ4v) is 2.94. The highest BCUT2D eigenvalue weighted by atomic mass is 16.5. The molecular weight excluding hydrogens is 238 g/mol. The van der Waals surface area contributed by atoms with E-state index in [0.29, 0.717) is 0 Å². The molecule has 1 fully saturated rings. The van der Waals surface area contributed by atoms with Crippen molar-refractivity contribution in [2.24, 2.45) is 0 Å². The van der Waals surface area contributed by atoms with Gasteiger partial charge in [-0.05, 0) is 48.9 Å². The van der Waals surface area contributed by atoms with E-state index in [9.17, 15) is 0 Å². The lowest BCUT2D eigenvalue weighted by molar-refractivity contribution is 0.0358. The zero-order chi connectivity index (χ0) is 12.9. The molecule has 3 rings (SSSR count). The Balaban J connectivity index is 1.40. The zero-order valence-corrected chi connectivity index (χ0v) is 11.6. The standard InChI is InChI=1S/C16H23NO2/c1-3-14-5-6-16(13-15(14)4-1)19-10-2-7-17-8-11-18-12-9-17/h5-6,13H,1-4,7-12H2. The van der Waals surface area contributed by atoms with Gasteiger partial charge < -0.3 is 9.47 Å². The first-order valence-electron chi connectivity index (χ1n) is 7.46. The van der Waals surface area contributed by atoms with Gasteiger partial charge in [-0.25, -0.2) is 0 Å². The first kappa shape index (κ1) is 12.9. The lowest BCUT2D eigenvalue weighted by Gasteiger charge is -2.26. The number of hydrogen-bond donors (Lipinski definition) is 0. The Bertz CT molecular complexity index is 413. The van der Waals surface area contributed by atoms with Crippen LogP contribution in [0.4, 0.5) is 0 Å². The molecule has 2 aliphatic rings. The Morgan fingerprint density at radius 1 is 1.11 bits per heavy atom. The van der Waals surface area contributed by atoms with Crippen molar-refractivity contribution in [3.05, 3.63) is 29.3 Å². The lowest BCUT2D eigenvalue weighted by Crippen LogP contribution is -2.37. The van der Waals surface area contributed by atoms with Gasteiger partial charge in [0, 0.05) is 19.6 Å². The number of ether oxygens (including phenoxy) is 2. The summed E-state index contributed by atoms with van der Waals surface area (Å²) < 4.78 is 11.2. The fourth-order valence-electron chi connectivity index (χ4n) is 2.94. The van der Waals surface area contributed by atoms with Crippen LogP contribution in [0.5, 0.6) is 5.75 Å². The van der Waals surface area contributed by atoms with E-state index in [1.807, 2.05) is 0 Å². The van der Waals surface area contributed by atoms with Gasteiger partial charge in [-0.1, -0.05) is 6.07 Å². The number of hydrogen-bond acceptors (Lipinski definition) is 3. The first-order valence-corrected chi connectivity index (χ1v) is 7.46. The molecule has 0 unspecified atom stereocenters. The normalized spacial score (nSPS) is 19.4. The minimum atomic E-state index is 0.816. The van der Waals surface area contributed by atoms with Crippen LogP contribution in [0, 0.1) is 0 Å². The minimum Gasteiger partial charge on any atom is -0.494 e. The summed E-state index contributed by atoms with van der Waals surface area (Å²) in [4.78, 5) is 2.45. The van der Waals surface area contributed by atoms with E-state index < -0.39 is 0 Å². The number of rotatable bonds is 5. The molecule has 0 amide bonds. The average molecular weight is 261 g/mol. The average Bonchev–Trinajstić information content (AvgIpc) is 2.92. The van der Waals surface area contributed by atoms with Crippen molar-refractivity contribution in [2.45, 2.75) is 25.7 Å². The highest BCUT2D eigenvalue weighted by Crippen LogP contribution is 2.26. The molecule has 0 atom stereocenters. The van der Waals surface area contributed by atoms with Crippen molar-refractivity contribution in [1.29, 1.82) is 0 Å². The maximum absolute atomic E-state index is 5.86. The topological polar surface area (TPSA) is 21.7 Å². The van der Waals surface area contributed by atoms with E-state index >= 15 is 0 Å². The van der Waals surface area contributed by atoms with Crippen molar-refractivity contribution in [3.8, 4) is 5.75 Å². The third kappa shape index (κ3) is 3.48. The van der Waals surface area contributed by atoms with Crippen LogP contribution in [0.2, 0.25) is 0 Å². The molecule has 1 aliphatic heterocycles. The van der Waals surface area contributed by atoms with Crippen molar-refractivity contribution in [2.75, 3.05) is 39.5 Å². The second-order valence-electron chi connectivity index (χ2n) is 5.44. The summed E-state index contributed by atoms with van der Waals surface area (Å²) in [6, 6.07) is 6.59. The summed E-state index contributed by atoms with van der Waals surface area (Å²) in [5.41, 5.74) is 3.01. The summed E-state index contributed by atoms with van der Waals surface area (Å²) in [7, 11) is 0. The molecule has 1 heterocycles. The summed E-state index contributed by atoms with van der Waals surface area (Å²) in [5.74, 6) is 1.04.